The first kappa shape index (κ1) is 16.2. The molecule has 1 amide bonds. The first-order valence-corrected chi connectivity index (χ1v) is 8.73. The van der Waals surface area contributed by atoms with Crippen LogP contribution in [0, 0.1) is 6.92 Å². The Labute approximate surface area is 140 Å². The number of rotatable bonds is 5. The quantitative estimate of drug-likeness (QED) is 0.908. The molecular formula is C16H22N4O2S. The maximum atomic E-state index is 12.3. The first-order chi connectivity index (χ1) is 11.1. The normalized spacial score (nSPS) is 18.0. The monoisotopic (exact) mass is 334 g/mol. The highest BCUT2D eigenvalue weighted by Gasteiger charge is 2.26. The molecule has 1 aliphatic rings. The number of hydrogen-bond donors (Lipinski definition) is 1. The largest absolute Gasteiger partial charge is 0.338 e. The minimum absolute atomic E-state index is 0.0483. The molecule has 0 spiro atoms. The summed E-state index contributed by atoms with van der Waals surface area (Å²) < 4.78 is 5.04. The highest BCUT2D eigenvalue weighted by molar-refractivity contribution is 7.09. The molecule has 0 saturated carbocycles. The Hall–Kier alpha value is -1.70. The van der Waals surface area contributed by atoms with Gasteiger partial charge in [0.05, 0.1) is 11.7 Å². The fourth-order valence-corrected chi connectivity index (χ4v) is 3.49. The number of aryl methyl sites for hydroxylation is 1. The number of nitrogens with zero attached hydrogens (tertiary/aromatic N) is 3. The number of nitrogens with one attached hydrogen (secondary N) is 1. The molecule has 1 atom stereocenters. The molecule has 0 aliphatic carbocycles. The van der Waals surface area contributed by atoms with Gasteiger partial charge in [-0.1, -0.05) is 11.2 Å². The van der Waals surface area contributed by atoms with Crippen molar-refractivity contribution in [1.82, 2.24) is 15.0 Å². The fraction of sp³-hybridized carbons (Fsp3) is 0.500. The summed E-state index contributed by atoms with van der Waals surface area (Å²) in [5.74, 6) is 0.364. The van der Waals surface area contributed by atoms with Crippen molar-refractivity contribution in [2.24, 2.45) is 0 Å². The molecule has 0 bridgehead atoms. The van der Waals surface area contributed by atoms with Gasteiger partial charge >= 0.3 is 0 Å². The van der Waals surface area contributed by atoms with E-state index in [0.717, 1.165) is 38.4 Å². The summed E-state index contributed by atoms with van der Waals surface area (Å²) in [4.78, 5) is 18.3. The zero-order valence-corrected chi connectivity index (χ0v) is 14.3. The number of piperazine rings is 1. The SMILES string of the molecule is Cc1cc(NC(=O)[C@@H](C)N2CCN(Cc3cccs3)CC2)on1. The van der Waals surface area contributed by atoms with Crippen LogP contribution in [0.1, 0.15) is 17.5 Å². The Balaban J connectivity index is 1.47. The summed E-state index contributed by atoms with van der Waals surface area (Å²) in [6.07, 6.45) is 0. The maximum absolute atomic E-state index is 12.3. The summed E-state index contributed by atoms with van der Waals surface area (Å²) >= 11 is 1.80. The zero-order valence-electron chi connectivity index (χ0n) is 13.5. The van der Waals surface area contributed by atoms with E-state index >= 15 is 0 Å². The molecule has 1 fully saturated rings. The number of carbonyl (C=O) groups is 1. The number of thiophene rings is 1. The zero-order chi connectivity index (χ0) is 16.2. The molecule has 2 aromatic heterocycles. The molecule has 0 radical (unpaired) electrons. The molecule has 1 saturated heterocycles. The lowest BCUT2D eigenvalue weighted by Crippen LogP contribution is -2.52. The second-order valence-corrected chi connectivity index (χ2v) is 6.92. The van der Waals surface area contributed by atoms with E-state index in [0.29, 0.717) is 5.88 Å². The predicted octanol–water partition coefficient (Wildman–Crippen LogP) is 2.19. The molecule has 3 heterocycles. The van der Waals surface area contributed by atoms with Crippen LogP contribution in [-0.4, -0.2) is 53.1 Å². The van der Waals surface area contributed by atoms with Crippen LogP contribution in [0.3, 0.4) is 0 Å². The molecular weight excluding hydrogens is 312 g/mol. The van der Waals surface area contributed by atoms with Crippen LogP contribution in [0.2, 0.25) is 0 Å². The van der Waals surface area contributed by atoms with E-state index in [1.165, 1.54) is 4.88 Å². The van der Waals surface area contributed by atoms with Crippen LogP contribution < -0.4 is 5.32 Å². The lowest BCUT2D eigenvalue weighted by molar-refractivity contribution is -0.121. The van der Waals surface area contributed by atoms with Gasteiger partial charge in [0.1, 0.15) is 0 Å². The maximum Gasteiger partial charge on any atom is 0.243 e. The average Bonchev–Trinajstić information content (AvgIpc) is 3.19. The third-order valence-electron chi connectivity index (χ3n) is 4.17. The third-order valence-corrected chi connectivity index (χ3v) is 5.03. The van der Waals surface area contributed by atoms with E-state index in [2.05, 4.69) is 37.8 Å². The average molecular weight is 334 g/mol. The van der Waals surface area contributed by atoms with E-state index < -0.39 is 0 Å². The van der Waals surface area contributed by atoms with Gasteiger partial charge in [0.15, 0.2) is 0 Å². The highest BCUT2D eigenvalue weighted by atomic mass is 32.1. The number of anilines is 1. The Morgan fingerprint density at radius 1 is 1.43 bits per heavy atom. The summed E-state index contributed by atoms with van der Waals surface area (Å²) in [6.45, 7) is 8.53. The smallest absolute Gasteiger partial charge is 0.243 e. The first-order valence-electron chi connectivity index (χ1n) is 7.85. The van der Waals surface area contributed by atoms with Crippen molar-refractivity contribution in [2.45, 2.75) is 26.4 Å². The van der Waals surface area contributed by atoms with Crippen molar-refractivity contribution in [1.29, 1.82) is 0 Å². The molecule has 1 aliphatic heterocycles. The van der Waals surface area contributed by atoms with Gasteiger partial charge in [-0.15, -0.1) is 11.3 Å². The van der Waals surface area contributed by atoms with Gasteiger partial charge < -0.3 is 4.52 Å². The van der Waals surface area contributed by atoms with Crippen LogP contribution in [0.5, 0.6) is 0 Å². The van der Waals surface area contributed by atoms with E-state index in [-0.39, 0.29) is 11.9 Å². The van der Waals surface area contributed by atoms with E-state index in [4.69, 9.17) is 4.52 Å². The van der Waals surface area contributed by atoms with Crippen molar-refractivity contribution in [3.05, 3.63) is 34.2 Å². The summed E-state index contributed by atoms with van der Waals surface area (Å²) in [5, 5.41) is 8.68. The summed E-state index contributed by atoms with van der Waals surface area (Å²) in [5.41, 5.74) is 0.759. The fourth-order valence-electron chi connectivity index (χ4n) is 2.75. The van der Waals surface area contributed by atoms with Crippen LogP contribution in [-0.2, 0) is 11.3 Å². The molecule has 0 aromatic carbocycles. The van der Waals surface area contributed by atoms with Gasteiger partial charge in [0.25, 0.3) is 0 Å². The molecule has 124 valence electrons. The van der Waals surface area contributed by atoms with Crippen LogP contribution in [0.25, 0.3) is 0 Å². The van der Waals surface area contributed by atoms with Gasteiger partial charge in [-0.05, 0) is 25.3 Å². The second kappa shape index (κ2) is 7.25. The van der Waals surface area contributed by atoms with Gasteiger partial charge in [0, 0.05) is 43.7 Å². The van der Waals surface area contributed by atoms with Crippen LogP contribution >= 0.6 is 11.3 Å². The van der Waals surface area contributed by atoms with Crippen LogP contribution in [0.4, 0.5) is 5.88 Å². The van der Waals surface area contributed by atoms with Gasteiger partial charge in [-0.2, -0.15) is 0 Å². The van der Waals surface area contributed by atoms with Gasteiger partial charge in [-0.3, -0.25) is 19.9 Å². The standard InChI is InChI=1S/C16H22N4O2S/c1-12-10-15(22-18-12)17-16(21)13(2)20-7-5-19(6-8-20)11-14-4-3-9-23-14/h3-4,9-10,13H,5-8,11H2,1-2H3,(H,17,21)/t13-/m1/s1. The predicted molar refractivity (Wildman–Crippen MR) is 90.5 cm³/mol. The van der Waals surface area contributed by atoms with Gasteiger partial charge in [-0.25, -0.2) is 0 Å². The topological polar surface area (TPSA) is 61.6 Å². The minimum atomic E-state index is -0.177. The Bertz CT molecular complexity index is 632. The number of carbonyl (C=O) groups excluding carboxylic acids is 1. The summed E-state index contributed by atoms with van der Waals surface area (Å²) in [6, 6.07) is 5.81. The minimum Gasteiger partial charge on any atom is -0.338 e. The molecule has 7 heteroatoms. The lowest BCUT2D eigenvalue weighted by atomic mass is 10.2. The Morgan fingerprint density at radius 2 is 2.22 bits per heavy atom. The number of hydrogen-bond acceptors (Lipinski definition) is 6. The molecule has 0 unspecified atom stereocenters. The van der Waals surface area contributed by atoms with Crippen molar-refractivity contribution < 1.29 is 9.32 Å². The highest BCUT2D eigenvalue weighted by Crippen LogP contribution is 2.15. The van der Waals surface area contributed by atoms with Crippen molar-refractivity contribution in [3.63, 3.8) is 0 Å². The van der Waals surface area contributed by atoms with Gasteiger partial charge in [0.2, 0.25) is 11.8 Å². The lowest BCUT2D eigenvalue weighted by Gasteiger charge is -2.37. The van der Waals surface area contributed by atoms with E-state index in [9.17, 15) is 4.79 Å². The third kappa shape index (κ3) is 4.19. The molecule has 23 heavy (non-hydrogen) atoms. The van der Waals surface area contributed by atoms with Crippen molar-refractivity contribution in [2.75, 3.05) is 31.5 Å². The number of aromatic nitrogens is 1. The Kier molecular flexibility index (Phi) is 5.09. The number of amides is 1. The van der Waals surface area contributed by atoms with E-state index in [1.54, 1.807) is 17.4 Å². The Morgan fingerprint density at radius 3 is 2.83 bits per heavy atom. The van der Waals surface area contributed by atoms with Crippen molar-refractivity contribution >= 4 is 23.1 Å². The van der Waals surface area contributed by atoms with Crippen molar-refractivity contribution in [3.8, 4) is 0 Å². The molecule has 6 nitrogen and oxygen atoms in total. The van der Waals surface area contributed by atoms with Crippen LogP contribution in [0.15, 0.2) is 28.1 Å². The second-order valence-electron chi connectivity index (χ2n) is 5.89. The summed E-state index contributed by atoms with van der Waals surface area (Å²) in [7, 11) is 0. The molecule has 2 aromatic rings. The van der Waals surface area contributed by atoms with E-state index in [1.807, 2.05) is 13.8 Å². The molecule has 3 rings (SSSR count). The molecule has 1 N–H and O–H groups in total.